The zero-order chi connectivity index (χ0) is 8.97. The summed E-state index contributed by atoms with van der Waals surface area (Å²) in [6, 6.07) is 1.76. The molecule has 0 aliphatic rings. The molecule has 1 aromatic rings. The van der Waals surface area contributed by atoms with E-state index in [4.69, 9.17) is 12.2 Å². The number of nitrogen functional groups attached to an aromatic ring is 1. The number of hydrogen-bond acceptors (Lipinski definition) is 3. The zero-order valence-corrected chi connectivity index (χ0v) is 6.96. The second-order valence-electron chi connectivity index (χ2n) is 2.33. The Morgan fingerprint density at radius 2 is 2.50 bits per heavy atom. The van der Waals surface area contributed by atoms with Gasteiger partial charge in [0, 0.05) is 6.54 Å². The highest BCUT2D eigenvalue weighted by atomic mass is 14.9. The average molecular weight is 161 g/mol. The fraction of sp³-hybridized carbons (Fsp3) is 0.222. The predicted octanol–water partition coefficient (Wildman–Crippen LogP) is 1.08. The van der Waals surface area contributed by atoms with Crippen molar-refractivity contribution in [2.75, 3.05) is 17.6 Å². The van der Waals surface area contributed by atoms with Gasteiger partial charge in [0.15, 0.2) is 0 Å². The molecule has 0 unspecified atom stereocenters. The quantitative estimate of drug-likeness (QED) is 0.638. The monoisotopic (exact) mass is 161 g/mol. The van der Waals surface area contributed by atoms with Crippen molar-refractivity contribution in [2.45, 2.75) is 6.92 Å². The first-order valence-corrected chi connectivity index (χ1v) is 3.74. The van der Waals surface area contributed by atoms with Gasteiger partial charge in [-0.25, -0.2) is 4.98 Å². The van der Waals surface area contributed by atoms with E-state index in [0.717, 1.165) is 12.2 Å². The lowest BCUT2D eigenvalue weighted by Crippen LogP contribution is -2.02. The standard InChI is InChI=1S/C9H11N3/c1-3-7-5-9(11-4-2)8(10)6-12-7/h1,5-6H,4,10H2,2H3,(H,11,12). The molecule has 3 nitrogen and oxygen atoms in total. The fourth-order valence-electron chi connectivity index (χ4n) is 0.888. The van der Waals surface area contributed by atoms with Crippen LogP contribution in [0.25, 0.3) is 0 Å². The van der Waals surface area contributed by atoms with Gasteiger partial charge < -0.3 is 11.1 Å². The van der Waals surface area contributed by atoms with Crippen LogP contribution in [0, 0.1) is 12.3 Å². The molecular weight excluding hydrogens is 150 g/mol. The van der Waals surface area contributed by atoms with E-state index in [2.05, 4.69) is 16.2 Å². The fourth-order valence-corrected chi connectivity index (χ4v) is 0.888. The van der Waals surface area contributed by atoms with Gasteiger partial charge in [-0.3, -0.25) is 0 Å². The lowest BCUT2D eigenvalue weighted by Gasteiger charge is -2.05. The van der Waals surface area contributed by atoms with E-state index < -0.39 is 0 Å². The van der Waals surface area contributed by atoms with Gasteiger partial charge >= 0.3 is 0 Å². The Labute approximate surface area is 72.0 Å². The molecular formula is C9H11N3. The normalized spacial score (nSPS) is 9.00. The number of terminal acetylenes is 1. The first-order chi connectivity index (χ1) is 5.77. The minimum atomic E-state index is 0.597. The molecule has 1 rings (SSSR count). The molecule has 0 aliphatic carbocycles. The number of anilines is 2. The van der Waals surface area contributed by atoms with Crippen molar-refractivity contribution < 1.29 is 0 Å². The van der Waals surface area contributed by atoms with Crippen LogP contribution in [-0.2, 0) is 0 Å². The SMILES string of the molecule is C#Cc1cc(NCC)c(N)cn1. The molecule has 0 amide bonds. The number of pyridine rings is 1. The summed E-state index contributed by atoms with van der Waals surface area (Å²) in [7, 11) is 0. The predicted molar refractivity (Wildman–Crippen MR) is 50.7 cm³/mol. The molecule has 3 heteroatoms. The minimum absolute atomic E-state index is 0.597. The lowest BCUT2D eigenvalue weighted by molar-refractivity contribution is 1.19. The minimum Gasteiger partial charge on any atom is -0.396 e. The summed E-state index contributed by atoms with van der Waals surface area (Å²) in [5.74, 6) is 2.45. The van der Waals surface area contributed by atoms with E-state index in [-0.39, 0.29) is 0 Å². The highest BCUT2D eigenvalue weighted by molar-refractivity contribution is 5.66. The third-order valence-corrected chi connectivity index (χ3v) is 1.45. The molecule has 0 aromatic carbocycles. The summed E-state index contributed by atoms with van der Waals surface area (Å²) in [5, 5.41) is 3.09. The number of rotatable bonds is 2. The molecule has 0 spiro atoms. The summed E-state index contributed by atoms with van der Waals surface area (Å²) in [4.78, 5) is 3.94. The lowest BCUT2D eigenvalue weighted by atomic mass is 10.3. The Balaban J connectivity index is 3.01. The maximum Gasteiger partial charge on any atom is 0.115 e. The van der Waals surface area contributed by atoms with Crippen LogP contribution >= 0.6 is 0 Å². The summed E-state index contributed by atoms with van der Waals surface area (Å²) >= 11 is 0. The van der Waals surface area contributed by atoms with Crippen LogP contribution in [0.5, 0.6) is 0 Å². The first-order valence-electron chi connectivity index (χ1n) is 3.74. The van der Waals surface area contributed by atoms with Gasteiger partial charge in [-0.1, -0.05) is 5.92 Å². The topological polar surface area (TPSA) is 50.9 Å². The summed E-state index contributed by atoms with van der Waals surface area (Å²) in [6.07, 6.45) is 6.75. The maximum absolute atomic E-state index is 5.64. The maximum atomic E-state index is 5.64. The van der Waals surface area contributed by atoms with Crippen molar-refractivity contribution >= 4 is 11.4 Å². The van der Waals surface area contributed by atoms with Crippen molar-refractivity contribution in [1.82, 2.24) is 4.98 Å². The summed E-state index contributed by atoms with van der Waals surface area (Å²) < 4.78 is 0. The van der Waals surface area contributed by atoms with Crippen LogP contribution in [0.4, 0.5) is 11.4 Å². The highest BCUT2D eigenvalue weighted by Crippen LogP contribution is 2.16. The van der Waals surface area contributed by atoms with Crippen molar-refractivity contribution in [1.29, 1.82) is 0 Å². The molecule has 0 saturated carbocycles. The molecule has 62 valence electrons. The van der Waals surface area contributed by atoms with Crippen LogP contribution < -0.4 is 11.1 Å². The van der Waals surface area contributed by atoms with E-state index in [1.807, 2.05) is 6.92 Å². The van der Waals surface area contributed by atoms with E-state index >= 15 is 0 Å². The first kappa shape index (κ1) is 8.41. The van der Waals surface area contributed by atoms with E-state index in [1.165, 1.54) is 0 Å². The Kier molecular flexibility index (Phi) is 2.54. The highest BCUT2D eigenvalue weighted by Gasteiger charge is 1.98. The molecule has 0 radical (unpaired) electrons. The summed E-state index contributed by atoms with van der Waals surface area (Å²) in [5.41, 5.74) is 7.70. The Bertz CT molecular complexity index is 312. The zero-order valence-electron chi connectivity index (χ0n) is 6.96. The van der Waals surface area contributed by atoms with Crippen LogP contribution in [-0.4, -0.2) is 11.5 Å². The number of aromatic nitrogens is 1. The molecule has 3 N–H and O–H groups in total. The second-order valence-corrected chi connectivity index (χ2v) is 2.33. The molecule has 1 aromatic heterocycles. The third kappa shape index (κ3) is 1.67. The van der Waals surface area contributed by atoms with Gasteiger partial charge in [0.1, 0.15) is 5.69 Å². The molecule has 12 heavy (non-hydrogen) atoms. The molecule has 0 atom stereocenters. The van der Waals surface area contributed by atoms with Gasteiger partial charge in [0.05, 0.1) is 17.6 Å². The third-order valence-electron chi connectivity index (χ3n) is 1.45. The molecule has 0 fully saturated rings. The Morgan fingerprint density at radius 3 is 3.08 bits per heavy atom. The van der Waals surface area contributed by atoms with Crippen LogP contribution in [0.1, 0.15) is 12.6 Å². The molecule has 0 saturated heterocycles. The Morgan fingerprint density at radius 1 is 1.75 bits per heavy atom. The van der Waals surface area contributed by atoms with Crippen LogP contribution in [0.3, 0.4) is 0 Å². The van der Waals surface area contributed by atoms with Gasteiger partial charge in [0.25, 0.3) is 0 Å². The largest absolute Gasteiger partial charge is 0.396 e. The van der Waals surface area contributed by atoms with Crippen molar-refractivity contribution in [2.24, 2.45) is 0 Å². The smallest absolute Gasteiger partial charge is 0.115 e. The number of hydrogen-bond donors (Lipinski definition) is 2. The van der Waals surface area contributed by atoms with Crippen molar-refractivity contribution in [3.05, 3.63) is 18.0 Å². The van der Waals surface area contributed by atoms with Crippen molar-refractivity contribution in [3.63, 3.8) is 0 Å². The van der Waals surface area contributed by atoms with Gasteiger partial charge in [-0.15, -0.1) is 6.42 Å². The van der Waals surface area contributed by atoms with Crippen molar-refractivity contribution in [3.8, 4) is 12.3 Å². The van der Waals surface area contributed by atoms with Gasteiger partial charge in [-0.2, -0.15) is 0 Å². The van der Waals surface area contributed by atoms with Crippen LogP contribution in [0.2, 0.25) is 0 Å². The molecule has 0 bridgehead atoms. The number of nitrogens with two attached hydrogens (primary N) is 1. The average Bonchev–Trinajstić information content (AvgIpc) is 2.09. The number of nitrogens with zero attached hydrogens (tertiary/aromatic N) is 1. The van der Waals surface area contributed by atoms with Crippen LogP contribution in [0.15, 0.2) is 12.3 Å². The summed E-state index contributed by atoms with van der Waals surface area (Å²) in [6.45, 7) is 2.81. The number of nitrogens with one attached hydrogen (secondary N) is 1. The second kappa shape index (κ2) is 3.63. The van der Waals surface area contributed by atoms with Gasteiger partial charge in [-0.05, 0) is 13.0 Å². The van der Waals surface area contributed by atoms with E-state index in [9.17, 15) is 0 Å². The Hall–Kier alpha value is -1.69. The van der Waals surface area contributed by atoms with E-state index in [1.54, 1.807) is 12.3 Å². The van der Waals surface area contributed by atoms with Gasteiger partial charge in [0.2, 0.25) is 0 Å². The molecule has 1 heterocycles. The molecule has 0 aliphatic heterocycles. The van der Waals surface area contributed by atoms with E-state index in [0.29, 0.717) is 11.4 Å².